The van der Waals surface area contributed by atoms with Gasteiger partial charge in [0.05, 0.1) is 11.4 Å². The molecule has 0 aliphatic heterocycles. The van der Waals surface area contributed by atoms with E-state index in [9.17, 15) is 4.79 Å². The third kappa shape index (κ3) is 2.33. The maximum Gasteiger partial charge on any atom is 0.136 e. The first-order valence-electron chi connectivity index (χ1n) is 10.2. The second kappa shape index (κ2) is 6.40. The zero-order valence-electron chi connectivity index (χ0n) is 16.4. The van der Waals surface area contributed by atoms with Crippen molar-refractivity contribution >= 4 is 5.78 Å². The number of ketones is 1. The predicted octanol–water partition coefficient (Wildman–Crippen LogP) is 4.33. The van der Waals surface area contributed by atoms with Gasteiger partial charge in [0.1, 0.15) is 5.78 Å². The molecule has 0 amide bonds. The number of pyridine rings is 1. The van der Waals surface area contributed by atoms with E-state index < -0.39 is 0 Å². The number of nitrogens with zero attached hydrogens (tertiary/aromatic N) is 3. The lowest BCUT2D eigenvalue weighted by molar-refractivity contribution is -0.128. The molecule has 0 saturated heterocycles. The van der Waals surface area contributed by atoms with Crippen LogP contribution in [0.1, 0.15) is 43.0 Å². The molecule has 0 N–H and O–H groups in total. The molecule has 2 aliphatic carbocycles. The summed E-state index contributed by atoms with van der Waals surface area (Å²) < 4.78 is 2.08. The molecular formula is C24H25N3O. The van der Waals surface area contributed by atoms with Gasteiger partial charge in [-0.15, -0.1) is 0 Å². The average Bonchev–Trinajstić information content (AvgIpc) is 3.09. The Kier molecular flexibility index (Phi) is 3.97. The Labute approximate surface area is 165 Å². The van der Waals surface area contributed by atoms with Crippen LogP contribution in [0, 0.1) is 11.8 Å². The molecule has 3 aromatic rings. The highest BCUT2D eigenvalue weighted by molar-refractivity contribution is 5.83. The molecule has 142 valence electrons. The Morgan fingerprint density at radius 3 is 2.68 bits per heavy atom. The summed E-state index contributed by atoms with van der Waals surface area (Å²) in [5, 5.41) is 4.96. The number of benzene rings is 1. The van der Waals surface area contributed by atoms with Gasteiger partial charge in [0.2, 0.25) is 0 Å². The van der Waals surface area contributed by atoms with E-state index in [1.807, 2.05) is 12.3 Å². The number of carbonyl (C=O) groups is 1. The number of rotatable bonds is 2. The van der Waals surface area contributed by atoms with E-state index in [0.717, 1.165) is 30.5 Å². The Morgan fingerprint density at radius 1 is 1.11 bits per heavy atom. The topological polar surface area (TPSA) is 47.8 Å². The smallest absolute Gasteiger partial charge is 0.136 e. The van der Waals surface area contributed by atoms with Gasteiger partial charge >= 0.3 is 0 Å². The first-order chi connectivity index (χ1) is 13.6. The molecular weight excluding hydrogens is 346 g/mol. The number of Topliss-reactive ketones (excluding diaryl/α,β-unsaturated/α-hetero) is 1. The number of hydrogen-bond donors (Lipinski definition) is 0. The van der Waals surface area contributed by atoms with Crippen molar-refractivity contribution in [3.8, 4) is 11.3 Å². The average molecular weight is 371 g/mol. The van der Waals surface area contributed by atoms with Gasteiger partial charge in [-0.25, -0.2) is 0 Å². The molecule has 0 spiro atoms. The normalized spacial score (nSPS) is 26.6. The third-order valence-corrected chi connectivity index (χ3v) is 7.01. The van der Waals surface area contributed by atoms with Crippen LogP contribution in [0.15, 0.2) is 54.9 Å². The van der Waals surface area contributed by atoms with Crippen LogP contribution in [0.3, 0.4) is 0 Å². The molecule has 5 rings (SSSR count). The van der Waals surface area contributed by atoms with Crippen LogP contribution in [0.25, 0.3) is 11.3 Å². The molecule has 2 heterocycles. The van der Waals surface area contributed by atoms with E-state index in [2.05, 4.69) is 60.0 Å². The highest BCUT2D eigenvalue weighted by Crippen LogP contribution is 2.56. The van der Waals surface area contributed by atoms with Crippen LogP contribution in [0.2, 0.25) is 0 Å². The largest absolute Gasteiger partial charge is 0.299 e. The summed E-state index contributed by atoms with van der Waals surface area (Å²) in [7, 11) is 2.06. The fourth-order valence-electron chi connectivity index (χ4n) is 5.80. The SMILES string of the molecule is C[C@@H]1C(=O)CC[C@]2(c3ccccc3)c3c(c(-c4cccnc4)nn3C)CC[C@@H]12. The van der Waals surface area contributed by atoms with Gasteiger partial charge in [-0.2, -0.15) is 5.10 Å². The van der Waals surface area contributed by atoms with Crippen LogP contribution < -0.4 is 0 Å². The molecule has 2 aliphatic rings. The fourth-order valence-corrected chi connectivity index (χ4v) is 5.80. The standard InChI is InChI=1S/C24H25N3O/c1-16-20-11-10-19-22(17-7-6-14-25-15-17)26-27(2)23(19)24(20,13-12-21(16)28)18-8-4-3-5-9-18/h3-9,14-16,20H,10-13H2,1-2H3/t16-,20-,24+/m0/s1. The summed E-state index contributed by atoms with van der Waals surface area (Å²) in [5.41, 5.74) is 5.92. The number of fused-ring (bicyclic) bond motifs is 3. The van der Waals surface area contributed by atoms with E-state index in [1.165, 1.54) is 16.8 Å². The molecule has 2 aromatic heterocycles. The lowest BCUT2D eigenvalue weighted by Gasteiger charge is -2.50. The van der Waals surface area contributed by atoms with Gasteiger partial charge in [0, 0.05) is 48.3 Å². The molecule has 1 aromatic carbocycles. The predicted molar refractivity (Wildman–Crippen MR) is 109 cm³/mol. The molecule has 3 atom stereocenters. The van der Waals surface area contributed by atoms with Gasteiger partial charge in [0.25, 0.3) is 0 Å². The maximum atomic E-state index is 12.6. The van der Waals surface area contributed by atoms with Gasteiger partial charge in [-0.1, -0.05) is 37.3 Å². The summed E-state index contributed by atoms with van der Waals surface area (Å²) in [6, 6.07) is 14.8. The maximum absolute atomic E-state index is 12.6. The molecule has 0 unspecified atom stereocenters. The second-order valence-electron chi connectivity index (χ2n) is 8.28. The second-order valence-corrected chi connectivity index (χ2v) is 8.28. The van der Waals surface area contributed by atoms with E-state index in [1.54, 1.807) is 6.20 Å². The van der Waals surface area contributed by atoms with Crippen molar-refractivity contribution in [1.29, 1.82) is 0 Å². The number of carbonyl (C=O) groups excluding carboxylic acids is 1. The summed E-state index contributed by atoms with van der Waals surface area (Å²) in [5.74, 6) is 0.814. The summed E-state index contributed by atoms with van der Waals surface area (Å²) >= 11 is 0. The van der Waals surface area contributed by atoms with Crippen LogP contribution >= 0.6 is 0 Å². The summed E-state index contributed by atoms with van der Waals surface area (Å²) in [6.45, 7) is 2.13. The zero-order valence-corrected chi connectivity index (χ0v) is 16.4. The molecule has 1 fully saturated rings. The van der Waals surface area contributed by atoms with E-state index in [0.29, 0.717) is 18.1 Å². The van der Waals surface area contributed by atoms with Crippen LogP contribution in [0.4, 0.5) is 0 Å². The Morgan fingerprint density at radius 2 is 1.93 bits per heavy atom. The first-order valence-corrected chi connectivity index (χ1v) is 10.2. The summed E-state index contributed by atoms with van der Waals surface area (Å²) in [6.07, 6.45) is 7.19. The van der Waals surface area contributed by atoms with Crippen molar-refractivity contribution in [3.05, 3.63) is 71.7 Å². The Hall–Kier alpha value is -2.75. The molecule has 0 bridgehead atoms. The fraction of sp³-hybridized carbons (Fsp3) is 0.375. The van der Waals surface area contributed by atoms with Crippen molar-refractivity contribution in [2.75, 3.05) is 0 Å². The minimum Gasteiger partial charge on any atom is -0.299 e. The lowest BCUT2D eigenvalue weighted by Crippen LogP contribution is -2.50. The Bertz CT molecular complexity index is 1020. The zero-order chi connectivity index (χ0) is 19.3. The molecule has 4 nitrogen and oxygen atoms in total. The minimum absolute atomic E-state index is 0.0823. The Balaban J connectivity index is 1.78. The van der Waals surface area contributed by atoms with E-state index in [-0.39, 0.29) is 11.3 Å². The van der Waals surface area contributed by atoms with Crippen molar-refractivity contribution < 1.29 is 4.79 Å². The highest BCUT2D eigenvalue weighted by Gasteiger charge is 2.54. The van der Waals surface area contributed by atoms with E-state index in [4.69, 9.17) is 5.10 Å². The lowest BCUT2D eigenvalue weighted by atomic mass is 9.53. The van der Waals surface area contributed by atoms with Crippen molar-refractivity contribution in [1.82, 2.24) is 14.8 Å². The van der Waals surface area contributed by atoms with Gasteiger partial charge in [-0.3, -0.25) is 14.5 Å². The first kappa shape index (κ1) is 17.4. The molecule has 0 radical (unpaired) electrons. The number of aryl methyl sites for hydroxylation is 1. The van der Waals surface area contributed by atoms with Crippen LogP contribution in [-0.2, 0) is 23.7 Å². The van der Waals surface area contributed by atoms with Crippen LogP contribution in [0.5, 0.6) is 0 Å². The van der Waals surface area contributed by atoms with E-state index >= 15 is 0 Å². The number of hydrogen-bond acceptors (Lipinski definition) is 3. The highest BCUT2D eigenvalue weighted by atomic mass is 16.1. The molecule has 4 heteroatoms. The molecule has 28 heavy (non-hydrogen) atoms. The van der Waals surface area contributed by atoms with Crippen molar-refractivity contribution in [3.63, 3.8) is 0 Å². The minimum atomic E-state index is -0.148. The van der Waals surface area contributed by atoms with Gasteiger partial charge < -0.3 is 0 Å². The third-order valence-electron chi connectivity index (χ3n) is 7.01. The van der Waals surface area contributed by atoms with Crippen LogP contribution in [-0.4, -0.2) is 20.5 Å². The number of aromatic nitrogens is 3. The summed E-state index contributed by atoms with van der Waals surface area (Å²) in [4.78, 5) is 16.9. The molecule has 1 saturated carbocycles. The van der Waals surface area contributed by atoms with Gasteiger partial charge in [0.15, 0.2) is 0 Å². The monoisotopic (exact) mass is 371 g/mol. The quantitative estimate of drug-likeness (QED) is 0.674. The van der Waals surface area contributed by atoms with Gasteiger partial charge in [-0.05, 0) is 42.9 Å². The van der Waals surface area contributed by atoms with Crippen molar-refractivity contribution in [2.24, 2.45) is 18.9 Å². The van der Waals surface area contributed by atoms with Crippen molar-refractivity contribution in [2.45, 2.75) is 38.0 Å².